The predicted molar refractivity (Wildman–Crippen MR) is 97.9 cm³/mol. The summed E-state index contributed by atoms with van der Waals surface area (Å²) in [5, 5.41) is 7.92. The second-order valence-electron chi connectivity index (χ2n) is 5.73. The number of rotatable bonds is 6. The summed E-state index contributed by atoms with van der Waals surface area (Å²) in [6.45, 7) is 6.23. The van der Waals surface area contributed by atoms with Gasteiger partial charge in [0.15, 0.2) is 0 Å². The van der Waals surface area contributed by atoms with Crippen molar-refractivity contribution in [3.05, 3.63) is 46.8 Å². The van der Waals surface area contributed by atoms with Gasteiger partial charge in [-0.1, -0.05) is 32.0 Å². The molecule has 1 heterocycles. The predicted octanol–water partition coefficient (Wildman–Crippen LogP) is 4.77. The standard InChI is InChI=1S/C18H22N2O3S/c1-4-23-17(21)15-13(10-12(2)3)11-24-16(15)20-18(22)19-14-8-6-5-7-9-14/h5-9,11-12H,4,10H2,1-3H3,(H2,19,20,22). The van der Waals surface area contributed by atoms with Gasteiger partial charge >= 0.3 is 12.0 Å². The largest absolute Gasteiger partial charge is 0.462 e. The molecule has 0 saturated carbocycles. The summed E-state index contributed by atoms with van der Waals surface area (Å²) in [5.41, 5.74) is 2.05. The highest BCUT2D eigenvalue weighted by Gasteiger charge is 2.22. The zero-order valence-corrected chi connectivity index (χ0v) is 14.9. The van der Waals surface area contributed by atoms with Crippen molar-refractivity contribution >= 4 is 34.0 Å². The average molecular weight is 346 g/mol. The number of para-hydroxylation sites is 1. The molecular weight excluding hydrogens is 324 g/mol. The Kier molecular flexibility index (Phi) is 6.37. The highest BCUT2D eigenvalue weighted by atomic mass is 32.1. The van der Waals surface area contributed by atoms with Gasteiger partial charge in [0.25, 0.3) is 0 Å². The third-order valence-electron chi connectivity index (χ3n) is 3.23. The molecule has 1 aromatic heterocycles. The van der Waals surface area contributed by atoms with Crippen molar-refractivity contribution in [2.24, 2.45) is 5.92 Å². The van der Waals surface area contributed by atoms with E-state index in [1.807, 2.05) is 23.6 Å². The molecule has 0 saturated heterocycles. The molecule has 0 radical (unpaired) electrons. The maximum atomic E-state index is 12.3. The second kappa shape index (κ2) is 8.49. The zero-order valence-electron chi connectivity index (χ0n) is 14.1. The lowest BCUT2D eigenvalue weighted by Gasteiger charge is -2.10. The number of thiophene rings is 1. The van der Waals surface area contributed by atoms with Crippen LogP contribution in [0.4, 0.5) is 15.5 Å². The molecule has 5 nitrogen and oxygen atoms in total. The molecule has 2 rings (SSSR count). The lowest BCUT2D eigenvalue weighted by Crippen LogP contribution is -2.20. The summed E-state index contributed by atoms with van der Waals surface area (Å²) in [7, 11) is 0. The zero-order chi connectivity index (χ0) is 17.5. The van der Waals surface area contributed by atoms with Crippen LogP contribution in [0.5, 0.6) is 0 Å². The van der Waals surface area contributed by atoms with Crippen LogP contribution in [-0.4, -0.2) is 18.6 Å². The molecule has 0 bridgehead atoms. The normalized spacial score (nSPS) is 10.5. The molecule has 1 aromatic carbocycles. The number of carbonyl (C=O) groups is 2. The summed E-state index contributed by atoms with van der Waals surface area (Å²) in [6, 6.07) is 8.76. The van der Waals surface area contributed by atoms with Crippen LogP contribution in [0.1, 0.15) is 36.7 Å². The van der Waals surface area contributed by atoms with Crippen molar-refractivity contribution in [2.45, 2.75) is 27.2 Å². The average Bonchev–Trinajstić information content (AvgIpc) is 2.90. The molecular formula is C18H22N2O3S. The Morgan fingerprint density at radius 1 is 1.17 bits per heavy atom. The molecule has 0 aliphatic carbocycles. The first-order chi connectivity index (χ1) is 11.5. The first-order valence-electron chi connectivity index (χ1n) is 7.91. The SMILES string of the molecule is CCOC(=O)c1c(CC(C)C)csc1NC(=O)Nc1ccccc1. The van der Waals surface area contributed by atoms with E-state index in [0.717, 1.165) is 12.0 Å². The van der Waals surface area contributed by atoms with E-state index in [1.165, 1.54) is 11.3 Å². The van der Waals surface area contributed by atoms with Gasteiger partial charge in [0.05, 0.1) is 12.2 Å². The second-order valence-corrected chi connectivity index (χ2v) is 6.61. The number of nitrogens with one attached hydrogen (secondary N) is 2. The van der Waals surface area contributed by atoms with Crippen molar-refractivity contribution < 1.29 is 14.3 Å². The van der Waals surface area contributed by atoms with E-state index in [1.54, 1.807) is 19.1 Å². The van der Waals surface area contributed by atoms with Crippen molar-refractivity contribution in [2.75, 3.05) is 17.2 Å². The van der Waals surface area contributed by atoms with Gasteiger partial charge in [-0.25, -0.2) is 9.59 Å². The van der Waals surface area contributed by atoms with Crippen LogP contribution in [0, 0.1) is 5.92 Å². The van der Waals surface area contributed by atoms with Crippen molar-refractivity contribution in [3.63, 3.8) is 0 Å². The van der Waals surface area contributed by atoms with Gasteiger partial charge in [-0.05, 0) is 42.3 Å². The molecule has 0 spiro atoms. The van der Waals surface area contributed by atoms with Crippen LogP contribution in [0.2, 0.25) is 0 Å². The Labute approximate surface area is 146 Å². The van der Waals surface area contributed by atoms with Crippen molar-refractivity contribution in [3.8, 4) is 0 Å². The summed E-state index contributed by atoms with van der Waals surface area (Å²) in [4.78, 5) is 24.5. The quantitative estimate of drug-likeness (QED) is 0.741. The molecule has 6 heteroatoms. The van der Waals surface area contributed by atoms with E-state index in [4.69, 9.17) is 4.74 Å². The summed E-state index contributed by atoms with van der Waals surface area (Å²) in [5.74, 6) is 0.00295. The minimum atomic E-state index is -0.399. The van der Waals surface area contributed by atoms with Crippen molar-refractivity contribution in [1.29, 1.82) is 0 Å². The van der Waals surface area contributed by atoms with Gasteiger partial charge in [0.1, 0.15) is 5.00 Å². The van der Waals surface area contributed by atoms with E-state index >= 15 is 0 Å². The third-order valence-corrected chi connectivity index (χ3v) is 4.18. The number of carbonyl (C=O) groups excluding carboxylic acids is 2. The Hall–Kier alpha value is -2.34. The molecule has 0 aliphatic heterocycles. The molecule has 0 atom stereocenters. The molecule has 0 fully saturated rings. The van der Waals surface area contributed by atoms with Crippen LogP contribution >= 0.6 is 11.3 Å². The smallest absolute Gasteiger partial charge is 0.341 e. The molecule has 24 heavy (non-hydrogen) atoms. The fourth-order valence-corrected chi connectivity index (χ4v) is 3.25. The third kappa shape index (κ3) is 4.83. The lowest BCUT2D eigenvalue weighted by atomic mass is 10.0. The fraction of sp³-hybridized carbons (Fsp3) is 0.333. The van der Waals surface area contributed by atoms with Gasteiger partial charge in [-0.2, -0.15) is 0 Å². The Balaban J connectivity index is 2.17. The first kappa shape index (κ1) is 18.0. The van der Waals surface area contributed by atoms with Gasteiger partial charge in [0.2, 0.25) is 0 Å². The van der Waals surface area contributed by atoms with Crippen LogP contribution in [-0.2, 0) is 11.2 Å². The lowest BCUT2D eigenvalue weighted by molar-refractivity contribution is 0.0527. The van der Waals surface area contributed by atoms with E-state index < -0.39 is 5.97 Å². The number of hydrogen-bond donors (Lipinski definition) is 2. The van der Waals surface area contributed by atoms with E-state index in [9.17, 15) is 9.59 Å². The number of esters is 1. The van der Waals surface area contributed by atoms with E-state index in [2.05, 4.69) is 24.5 Å². The monoisotopic (exact) mass is 346 g/mol. The van der Waals surface area contributed by atoms with Gasteiger partial charge < -0.3 is 10.1 Å². The molecule has 128 valence electrons. The van der Waals surface area contributed by atoms with Crippen LogP contribution in [0.15, 0.2) is 35.7 Å². The minimum absolute atomic E-state index is 0.297. The first-order valence-corrected chi connectivity index (χ1v) is 8.79. The van der Waals surface area contributed by atoms with E-state index in [-0.39, 0.29) is 6.03 Å². The van der Waals surface area contributed by atoms with Gasteiger partial charge in [-0.3, -0.25) is 5.32 Å². The summed E-state index contributed by atoms with van der Waals surface area (Å²) < 4.78 is 5.15. The maximum Gasteiger partial charge on any atom is 0.341 e. The number of anilines is 2. The minimum Gasteiger partial charge on any atom is -0.462 e. The molecule has 0 aliphatic rings. The highest BCUT2D eigenvalue weighted by Crippen LogP contribution is 2.31. The molecule has 2 amide bonds. The fourth-order valence-electron chi connectivity index (χ4n) is 2.29. The molecule has 2 N–H and O–H groups in total. The topological polar surface area (TPSA) is 67.4 Å². The summed E-state index contributed by atoms with van der Waals surface area (Å²) >= 11 is 1.34. The number of ether oxygens (including phenoxy) is 1. The van der Waals surface area contributed by atoms with Crippen LogP contribution < -0.4 is 10.6 Å². The Morgan fingerprint density at radius 2 is 1.88 bits per heavy atom. The number of urea groups is 1. The molecule has 2 aromatic rings. The number of benzene rings is 1. The highest BCUT2D eigenvalue weighted by molar-refractivity contribution is 7.15. The molecule has 0 unspecified atom stereocenters. The summed E-state index contributed by atoms with van der Waals surface area (Å²) in [6.07, 6.45) is 0.757. The Bertz CT molecular complexity index is 696. The van der Waals surface area contributed by atoms with Crippen LogP contribution in [0.25, 0.3) is 0 Å². The maximum absolute atomic E-state index is 12.3. The Morgan fingerprint density at radius 3 is 2.50 bits per heavy atom. The van der Waals surface area contributed by atoms with Gasteiger partial charge in [0, 0.05) is 5.69 Å². The van der Waals surface area contributed by atoms with E-state index in [0.29, 0.717) is 28.8 Å². The van der Waals surface area contributed by atoms with Gasteiger partial charge in [-0.15, -0.1) is 11.3 Å². The van der Waals surface area contributed by atoms with Crippen molar-refractivity contribution in [1.82, 2.24) is 0 Å². The number of hydrogen-bond acceptors (Lipinski definition) is 4. The van der Waals surface area contributed by atoms with Crippen LogP contribution in [0.3, 0.4) is 0 Å². The number of amides is 2.